The minimum absolute atomic E-state index is 0.0216. The highest BCUT2D eigenvalue weighted by Gasteiger charge is 2.19. The largest absolute Gasteiger partial charge is 0.505 e. The van der Waals surface area contributed by atoms with Crippen LogP contribution in [0.15, 0.2) is 60.9 Å². The lowest BCUT2D eigenvalue weighted by Crippen LogP contribution is -2.25. The molecule has 1 aromatic carbocycles. The first kappa shape index (κ1) is 18.1. The summed E-state index contributed by atoms with van der Waals surface area (Å²) in [6, 6.07) is 15.7. The highest BCUT2D eigenvalue weighted by atomic mass is 16.3. The average Bonchev–Trinajstić information content (AvgIpc) is 2.73. The highest BCUT2D eigenvalue weighted by Crippen LogP contribution is 2.29. The van der Waals surface area contributed by atoms with Crippen molar-refractivity contribution in [2.75, 3.05) is 5.32 Å². The molecule has 0 saturated heterocycles. The van der Waals surface area contributed by atoms with Gasteiger partial charge in [0.25, 0.3) is 5.91 Å². The van der Waals surface area contributed by atoms with Crippen LogP contribution in [0.1, 0.15) is 46.1 Å². The summed E-state index contributed by atoms with van der Waals surface area (Å²) >= 11 is 0. The topological polar surface area (TPSA) is 87.1 Å². The number of aromatic nitrogens is 2. The van der Waals surface area contributed by atoms with Gasteiger partial charge in [-0.2, -0.15) is 0 Å². The summed E-state index contributed by atoms with van der Waals surface area (Å²) in [5.41, 5.74) is 3.80. The van der Waals surface area contributed by atoms with Crippen LogP contribution in [0.25, 0.3) is 0 Å². The number of carbonyl (C=O) groups is 1. The van der Waals surface area contributed by atoms with E-state index >= 15 is 0 Å². The van der Waals surface area contributed by atoms with Gasteiger partial charge >= 0.3 is 0 Å². The molecule has 0 radical (unpaired) electrons. The summed E-state index contributed by atoms with van der Waals surface area (Å²) in [4.78, 5) is 20.4. The van der Waals surface area contributed by atoms with Gasteiger partial charge in [-0.25, -0.2) is 9.97 Å². The van der Waals surface area contributed by atoms with Crippen LogP contribution in [0.5, 0.6) is 5.75 Å². The van der Waals surface area contributed by atoms with Gasteiger partial charge in [-0.05, 0) is 60.2 Å². The number of rotatable bonds is 5. The predicted octanol–water partition coefficient (Wildman–Crippen LogP) is 3.60. The molecule has 1 unspecified atom stereocenters. The van der Waals surface area contributed by atoms with Gasteiger partial charge in [0, 0.05) is 25.0 Å². The molecule has 0 aliphatic heterocycles. The van der Waals surface area contributed by atoms with E-state index in [1.807, 2.05) is 12.1 Å². The normalized spacial score (nSPS) is 15.6. The van der Waals surface area contributed by atoms with Crippen molar-refractivity contribution in [3.63, 3.8) is 0 Å². The number of anilines is 1. The van der Waals surface area contributed by atoms with Gasteiger partial charge < -0.3 is 15.7 Å². The van der Waals surface area contributed by atoms with Crippen LogP contribution >= 0.6 is 0 Å². The molecule has 2 aromatic heterocycles. The molecule has 6 heteroatoms. The van der Waals surface area contributed by atoms with Gasteiger partial charge in [0.2, 0.25) is 0 Å². The summed E-state index contributed by atoms with van der Waals surface area (Å²) < 4.78 is 0. The number of fused-ring (bicyclic) bond motifs is 1. The third-order valence-electron chi connectivity index (χ3n) is 4.99. The first-order valence-electron chi connectivity index (χ1n) is 9.42. The van der Waals surface area contributed by atoms with Crippen LogP contribution < -0.4 is 10.6 Å². The zero-order chi connectivity index (χ0) is 19.3. The van der Waals surface area contributed by atoms with E-state index in [1.54, 1.807) is 12.3 Å². The molecule has 2 heterocycles. The van der Waals surface area contributed by atoms with Crippen molar-refractivity contribution in [2.24, 2.45) is 0 Å². The number of nitrogens with one attached hydrogen (secondary N) is 2. The number of hydrogen-bond donors (Lipinski definition) is 3. The third-order valence-corrected chi connectivity index (χ3v) is 4.99. The maximum Gasteiger partial charge on any atom is 0.279 e. The highest BCUT2D eigenvalue weighted by molar-refractivity contribution is 6.04. The molecule has 3 aromatic rings. The molecular formula is C22H22N4O2. The molecule has 28 heavy (non-hydrogen) atoms. The first-order chi connectivity index (χ1) is 13.7. The summed E-state index contributed by atoms with van der Waals surface area (Å²) in [5.74, 6) is -0.218. The third kappa shape index (κ3) is 4.02. The van der Waals surface area contributed by atoms with Gasteiger partial charge in [-0.3, -0.25) is 4.79 Å². The van der Waals surface area contributed by atoms with Crippen molar-refractivity contribution < 1.29 is 9.90 Å². The fourth-order valence-electron chi connectivity index (χ4n) is 3.61. The van der Waals surface area contributed by atoms with E-state index in [0.717, 1.165) is 18.4 Å². The van der Waals surface area contributed by atoms with Crippen LogP contribution in [-0.2, 0) is 13.0 Å². The second-order valence-electron chi connectivity index (χ2n) is 6.90. The molecule has 3 N–H and O–H groups in total. The maximum atomic E-state index is 12.3. The number of pyridine rings is 2. The minimum atomic E-state index is -0.489. The summed E-state index contributed by atoms with van der Waals surface area (Å²) in [7, 11) is 0. The number of aromatic hydroxyl groups is 1. The monoisotopic (exact) mass is 374 g/mol. The van der Waals surface area contributed by atoms with E-state index in [4.69, 9.17) is 0 Å². The van der Waals surface area contributed by atoms with Crippen molar-refractivity contribution in [2.45, 2.75) is 31.8 Å². The Morgan fingerprint density at radius 2 is 2.00 bits per heavy atom. The number of amides is 1. The predicted molar refractivity (Wildman–Crippen MR) is 107 cm³/mol. The summed E-state index contributed by atoms with van der Waals surface area (Å²) in [5, 5.41) is 16.1. The Morgan fingerprint density at radius 1 is 1.11 bits per heavy atom. The molecule has 1 amide bonds. The zero-order valence-electron chi connectivity index (χ0n) is 15.4. The number of carbonyl (C=O) groups excluding carboxylic acids is 1. The van der Waals surface area contributed by atoms with Crippen molar-refractivity contribution in [1.29, 1.82) is 0 Å². The Balaban J connectivity index is 1.42. The number of benzene rings is 1. The van der Waals surface area contributed by atoms with E-state index in [2.05, 4.69) is 44.9 Å². The Hall–Kier alpha value is -3.25. The lowest BCUT2D eigenvalue weighted by molar-refractivity contribution is 0.101. The Kier molecular flexibility index (Phi) is 5.30. The molecule has 1 atom stereocenters. The molecule has 1 aliphatic carbocycles. The van der Waals surface area contributed by atoms with E-state index in [0.29, 0.717) is 18.4 Å². The van der Waals surface area contributed by atoms with Crippen LogP contribution in [0, 0.1) is 0 Å². The minimum Gasteiger partial charge on any atom is -0.505 e. The van der Waals surface area contributed by atoms with Crippen molar-refractivity contribution in [3.05, 3.63) is 83.3 Å². The van der Waals surface area contributed by atoms with Gasteiger partial charge in [-0.1, -0.05) is 24.3 Å². The van der Waals surface area contributed by atoms with E-state index in [9.17, 15) is 9.90 Å². The number of nitrogens with zero attached hydrogens (tertiary/aromatic N) is 2. The lowest BCUT2D eigenvalue weighted by atomic mass is 9.87. The standard InChI is InChI=1S/C22H22N4O2/c27-19-9-4-11-24-21(19)22(28)26-20-13-15(10-12-23-20)14-25-18-8-3-6-16-5-1-2-7-17(16)18/h1-2,4-5,7,9-13,18,25,27H,3,6,8,14H2,(H,23,26,28). The Morgan fingerprint density at radius 3 is 2.89 bits per heavy atom. The van der Waals surface area contributed by atoms with Crippen LogP contribution in [0.4, 0.5) is 5.82 Å². The van der Waals surface area contributed by atoms with E-state index < -0.39 is 5.91 Å². The van der Waals surface area contributed by atoms with Gasteiger partial charge in [-0.15, -0.1) is 0 Å². The van der Waals surface area contributed by atoms with Gasteiger partial charge in [0.15, 0.2) is 5.69 Å². The smallest absolute Gasteiger partial charge is 0.279 e. The number of aryl methyl sites for hydroxylation is 1. The molecule has 0 spiro atoms. The molecule has 0 bridgehead atoms. The summed E-state index contributed by atoms with van der Waals surface area (Å²) in [6.07, 6.45) is 6.56. The van der Waals surface area contributed by atoms with Crippen molar-refractivity contribution in [1.82, 2.24) is 15.3 Å². The molecule has 6 nitrogen and oxygen atoms in total. The second-order valence-corrected chi connectivity index (χ2v) is 6.90. The SMILES string of the molecule is O=C(Nc1cc(CNC2CCCc3ccccc32)ccn1)c1ncccc1O. The van der Waals surface area contributed by atoms with Crippen molar-refractivity contribution in [3.8, 4) is 5.75 Å². The Labute approximate surface area is 163 Å². The molecule has 4 rings (SSSR count). The summed E-state index contributed by atoms with van der Waals surface area (Å²) in [6.45, 7) is 0.680. The van der Waals surface area contributed by atoms with Crippen molar-refractivity contribution >= 4 is 11.7 Å². The van der Waals surface area contributed by atoms with Crippen LogP contribution in [0.3, 0.4) is 0 Å². The lowest BCUT2D eigenvalue weighted by Gasteiger charge is -2.26. The van der Waals surface area contributed by atoms with Gasteiger partial charge in [0.1, 0.15) is 11.6 Å². The quantitative estimate of drug-likeness (QED) is 0.635. The fourth-order valence-corrected chi connectivity index (χ4v) is 3.61. The molecule has 142 valence electrons. The first-order valence-corrected chi connectivity index (χ1v) is 9.42. The number of hydrogen-bond acceptors (Lipinski definition) is 5. The van der Waals surface area contributed by atoms with E-state index in [-0.39, 0.29) is 11.4 Å². The molecule has 1 aliphatic rings. The zero-order valence-corrected chi connectivity index (χ0v) is 15.4. The van der Waals surface area contributed by atoms with E-state index in [1.165, 1.54) is 29.8 Å². The average molecular weight is 374 g/mol. The van der Waals surface area contributed by atoms with Crippen LogP contribution in [0.2, 0.25) is 0 Å². The fraction of sp³-hybridized carbons (Fsp3) is 0.227. The molecule has 0 saturated carbocycles. The second kappa shape index (κ2) is 8.19. The molecular weight excluding hydrogens is 352 g/mol. The maximum absolute atomic E-state index is 12.3. The van der Waals surface area contributed by atoms with Gasteiger partial charge in [0.05, 0.1) is 0 Å². The molecule has 0 fully saturated rings. The Bertz CT molecular complexity index is 990. The van der Waals surface area contributed by atoms with Crippen LogP contribution in [-0.4, -0.2) is 21.0 Å².